The first kappa shape index (κ1) is 25.8. The normalized spacial score (nSPS) is 22.9. The Morgan fingerprint density at radius 3 is 2.97 bits per heavy atom. The molecule has 0 spiro atoms. The molecule has 1 saturated heterocycles. The third-order valence-electron chi connectivity index (χ3n) is 7.13. The van der Waals surface area contributed by atoms with E-state index in [0.717, 1.165) is 50.0 Å². The summed E-state index contributed by atoms with van der Waals surface area (Å²) in [6.45, 7) is 1.75. The molecule has 0 radical (unpaired) electrons. The van der Waals surface area contributed by atoms with Crippen molar-refractivity contribution in [1.29, 1.82) is 0 Å². The fraction of sp³-hybridized carbons (Fsp3) is 0.444. The van der Waals surface area contributed by atoms with Gasteiger partial charge in [0.05, 0.1) is 35.7 Å². The molecular weight excluding hydrogens is 512 g/mol. The van der Waals surface area contributed by atoms with E-state index in [9.17, 15) is 4.79 Å². The number of para-hydroxylation sites is 1. The summed E-state index contributed by atoms with van der Waals surface area (Å²) in [6.07, 6.45) is 8.61. The molecule has 37 heavy (non-hydrogen) atoms. The Kier molecular flexibility index (Phi) is 8.12. The minimum Gasteiger partial charge on any atom is -0.493 e. The Hall–Kier alpha value is -2.88. The van der Waals surface area contributed by atoms with Crippen LogP contribution in [0, 0.1) is 5.92 Å². The number of hydrogen-bond acceptors (Lipinski definition) is 7. The number of fused-ring (bicyclic) bond motifs is 1. The predicted octanol–water partition coefficient (Wildman–Crippen LogP) is 4.38. The molecule has 3 aliphatic rings. The molecule has 1 aliphatic carbocycles. The van der Waals surface area contributed by atoms with Crippen molar-refractivity contribution in [3.8, 4) is 11.5 Å². The van der Waals surface area contributed by atoms with E-state index in [-0.39, 0.29) is 24.0 Å². The zero-order chi connectivity index (χ0) is 25.8. The molecule has 2 aliphatic heterocycles. The van der Waals surface area contributed by atoms with Crippen LogP contribution in [0.1, 0.15) is 37.7 Å². The van der Waals surface area contributed by atoms with Crippen LogP contribution in [0.2, 0.25) is 5.02 Å². The van der Waals surface area contributed by atoms with Crippen molar-refractivity contribution in [2.45, 2.75) is 50.8 Å². The average molecular weight is 543 g/mol. The van der Waals surface area contributed by atoms with Crippen molar-refractivity contribution in [2.24, 2.45) is 5.92 Å². The monoisotopic (exact) mass is 542 g/mol. The Balaban J connectivity index is 1.39. The van der Waals surface area contributed by atoms with E-state index >= 15 is 0 Å². The van der Waals surface area contributed by atoms with Crippen molar-refractivity contribution in [2.75, 3.05) is 25.6 Å². The quantitative estimate of drug-likeness (QED) is 0.402. The molecule has 3 N–H and O–H groups in total. The summed E-state index contributed by atoms with van der Waals surface area (Å²) < 4.78 is 17.2. The lowest BCUT2D eigenvalue weighted by Gasteiger charge is -2.33. The van der Waals surface area contributed by atoms with Crippen LogP contribution >= 0.6 is 23.8 Å². The number of nitrogens with zero attached hydrogens (tertiary/aromatic N) is 1. The minimum atomic E-state index is -0.186. The van der Waals surface area contributed by atoms with Gasteiger partial charge in [0, 0.05) is 42.6 Å². The Morgan fingerprint density at radius 1 is 1.27 bits per heavy atom. The number of carbonyl (C=O) groups is 1. The number of hydrogen-bond donors (Lipinski definition) is 3. The molecule has 3 atom stereocenters. The highest BCUT2D eigenvalue weighted by molar-refractivity contribution is 7.81. The Morgan fingerprint density at radius 2 is 2.16 bits per heavy atom. The second-order valence-electron chi connectivity index (χ2n) is 9.46. The lowest BCUT2D eigenvalue weighted by molar-refractivity contribution is -0.118. The van der Waals surface area contributed by atoms with Gasteiger partial charge in [0.15, 0.2) is 5.75 Å². The van der Waals surface area contributed by atoms with Gasteiger partial charge in [-0.1, -0.05) is 36.3 Å². The second-order valence-corrected chi connectivity index (χ2v) is 10.3. The summed E-state index contributed by atoms with van der Waals surface area (Å²) in [4.78, 5) is 17.8. The third kappa shape index (κ3) is 5.68. The largest absolute Gasteiger partial charge is 0.493 e. The summed E-state index contributed by atoms with van der Waals surface area (Å²) in [6, 6.07) is 7.39. The molecule has 0 bridgehead atoms. The standard InChI is InChI=1S/C27H31ClN4O4S/c1-34-25-19(28)7-3-9-21(25)32-27(37)23-24(18-6-2-8-20(18)31-26(23)33)30-13-16-10-11-29-14-22(16)36-15-17-5-4-12-35-17/h3,7,9-11,14,17-18,20,30H,2,4-6,8,12-13,15H2,1H3,(H,31,33)(H,32,37)/t17-,18?,20?/m0/s1. The number of ether oxygens (including phenoxy) is 3. The molecular formula is C27H31ClN4O4S. The van der Waals surface area contributed by atoms with Gasteiger partial charge < -0.3 is 30.2 Å². The number of carbonyl (C=O) groups excluding carboxylic acids is 1. The van der Waals surface area contributed by atoms with Crippen molar-refractivity contribution in [3.05, 3.63) is 58.5 Å². The van der Waals surface area contributed by atoms with Crippen LogP contribution in [0.25, 0.3) is 0 Å². The van der Waals surface area contributed by atoms with Gasteiger partial charge in [-0.2, -0.15) is 0 Å². The fourth-order valence-electron chi connectivity index (χ4n) is 5.30. The zero-order valence-electron chi connectivity index (χ0n) is 20.7. The molecule has 5 rings (SSSR count). The molecule has 3 heterocycles. The third-order valence-corrected chi connectivity index (χ3v) is 7.74. The number of pyridine rings is 1. The lowest BCUT2D eigenvalue weighted by Crippen LogP contribution is -2.48. The lowest BCUT2D eigenvalue weighted by atomic mass is 9.90. The first-order valence-electron chi connectivity index (χ1n) is 12.6. The van der Waals surface area contributed by atoms with E-state index in [4.69, 9.17) is 38.0 Å². The molecule has 2 fully saturated rings. The van der Waals surface area contributed by atoms with Gasteiger partial charge in [-0.25, -0.2) is 0 Å². The molecule has 8 nitrogen and oxygen atoms in total. The topological polar surface area (TPSA) is 93.7 Å². The van der Waals surface area contributed by atoms with E-state index < -0.39 is 0 Å². The van der Waals surface area contributed by atoms with E-state index in [1.807, 2.05) is 12.1 Å². The number of rotatable bonds is 9. The molecule has 1 amide bonds. The summed E-state index contributed by atoms with van der Waals surface area (Å²) in [5.41, 5.74) is 2.85. The highest BCUT2D eigenvalue weighted by atomic mass is 35.5. The molecule has 1 saturated carbocycles. The molecule has 10 heteroatoms. The summed E-state index contributed by atoms with van der Waals surface area (Å²) in [5.74, 6) is 1.15. The van der Waals surface area contributed by atoms with Crippen LogP contribution in [-0.4, -0.2) is 48.3 Å². The van der Waals surface area contributed by atoms with Crippen LogP contribution in [0.5, 0.6) is 11.5 Å². The fourth-order valence-corrected chi connectivity index (χ4v) is 5.87. The zero-order valence-corrected chi connectivity index (χ0v) is 22.3. The van der Waals surface area contributed by atoms with Gasteiger partial charge in [-0.15, -0.1) is 0 Å². The first-order valence-corrected chi connectivity index (χ1v) is 13.4. The van der Waals surface area contributed by atoms with Crippen LogP contribution in [-0.2, 0) is 16.1 Å². The Bertz CT molecular complexity index is 1200. The van der Waals surface area contributed by atoms with E-state index in [1.54, 1.807) is 31.6 Å². The number of benzene rings is 1. The Labute approximate surface area is 227 Å². The minimum absolute atomic E-state index is 0.0925. The van der Waals surface area contributed by atoms with E-state index in [2.05, 4.69) is 20.9 Å². The van der Waals surface area contributed by atoms with Gasteiger partial charge in [-0.05, 0) is 43.9 Å². The number of anilines is 1. The maximum atomic E-state index is 13.3. The van der Waals surface area contributed by atoms with Crippen molar-refractivity contribution in [1.82, 2.24) is 15.6 Å². The van der Waals surface area contributed by atoms with Gasteiger partial charge in [0.2, 0.25) is 0 Å². The molecule has 196 valence electrons. The number of methoxy groups -OCH3 is 1. The highest BCUT2D eigenvalue weighted by Crippen LogP contribution is 2.37. The van der Waals surface area contributed by atoms with Crippen molar-refractivity contribution >= 4 is 40.4 Å². The maximum absolute atomic E-state index is 13.3. The van der Waals surface area contributed by atoms with E-state index in [0.29, 0.717) is 45.9 Å². The highest BCUT2D eigenvalue weighted by Gasteiger charge is 2.40. The smallest absolute Gasteiger partial charge is 0.256 e. The van der Waals surface area contributed by atoms with Crippen LogP contribution < -0.4 is 25.4 Å². The van der Waals surface area contributed by atoms with E-state index in [1.165, 1.54) is 0 Å². The molecule has 1 aromatic carbocycles. The number of halogens is 1. The van der Waals surface area contributed by atoms with Gasteiger partial charge in [0.25, 0.3) is 5.91 Å². The molecule has 1 aromatic heterocycles. The molecule has 2 aromatic rings. The second kappa shape index (κ2) is 11.7. The number of aromatic nitrogens is 1. The van der Waals surface area contributed by atoms with Gasteiger partial charge in [-0.3, -0.25) is 9.78 Å². The first-order chi connectivity index (χ1) is 18.0. The van der Waals surface area contributed by atoms with Crippen LogP contribution in [0.4, 0.5) is 5.69 Å². The van der Waals surface area contributed by atoms with Gasteiger partial charge >= 0.3 is 0 Å². The SMILES string of the molecule is COc1c(Cl)cccc1NC(=S)C1=C(NCc2ccncc2OC[C@@H]2CCCO2)C2CCCC2NC1=O. The molecule has 2 unspecified atom stereocenters. The van der Waals surface area contributed by atoms with Gasteiger partial charge in [0.1, 0.15) is 17.3 Å². The van der Waals surface area contributed by atoms with Crippen molar-refractivity contribution in [3.63, 3.8) is 0 Å². The maximum Gasteiger partial charge on any atom is 0.256 e. The predicted molar refractivity (Wildman–Crippen MR) is 146 cm³/mol. The average Bonchev–Trinajstić information content (AvgIpc) is 3.58. The summed E-state index contributed by atoms with van der Waals surface area (Å²) in [5, 5.41) is 10.4. The number of nitrogens with one attached hydrogen (secondary N) is 3. The van der Waals surface area contributed by atoms with Crippen LogP contribution in [0.15, 0.2) is 47.9 Å². The van der Waals surface area contributed by atoms with Crippen LogP contribution in [0.3, 0.4) is 0 Å². The van der Waals surface area contributed by atoms with Crippen molar-refractivity contribution < 1.29 is 19.0 Å². The number of thiocarbonyl (C=S) groups is 1. The summed E-state index contributed by atoms with van der Waals surface area (Å²) >= 11 is 12.1. The summed E-state index contributed by atoms with van der Waals surface area (Å²) in [7, 11) is 1.55. The number of amides is 1.